The van der Waals surface area contributed by atoms with Gasteiger partial charge in [-0.25, -0.2) is 4.39 Å². The molecule has 0 unspecified atom stereocenters. The number of benzene rings is 1. The zero-order valence-electron chi connectivity index (χ0n) is 10.2. The first kappa shape index (κ1) is 13.7. The minimum absolute atomic E-state index is 0.203. The Morgan fingerprint density at radius 2 is 2.06 bits per heavy atom. The summed E-state index contributed by atoms with van der Waals surface area (Å²) >= 11 is 6.87. The molecule has 98 valence electrons. The van der Waals surface area contributed by atoms with Gasteiger partial charge in [0, 0.05) is 6.54 Å². The molecule has 1 aromatic carbocycles. The van der Waals surface area contributed by atoms with Gasteiger partial charge in [-0.1, -0.05) is 36.1 Å². The highest BCUT2D eigenvalue weighted by molar-refractivity contribution is 8.24. The van der Waals surface area contributed by atoms with Crippen molar-refractivity contribution in [1.82, 2.24) is 10.4 Å². The summed E-state index contributed by atoms with van der Waals surface area (Å²) in [6.45, 7) is 4.58. The van der Waals surface area contributed by atoms with E-state index in [9.17, 15) is 9.60 Å². The number of hydrogen-bond donors (Lipinski definition) is 2. The van der Waals surface area contributed by atoms with Gasteiger partial charge in [0.25, 0.3) is 0 Å². The van der Waals surface area contributed by atoms with Crippen molar-refractivity contribution in [2.24, 2.45) is 0 Å². The van der Waals surface area contributed by atoms with E-state index in [0.717, 1.165) is 9.88 Å². The molecule has 0 radical (unpaired) electrons. The topological polar surface area (TPSA) is 35.5 Å². The Labute approximate surface area is 115 Å². The van der Waals surface area contributed by atoms with Gasteiger partial charge in [-0.15, -0.1) is 0 Å². The molecule has 1 fully saturated rings. The van der Waals surface area contributed by atoms with Gasteiger partial charge < -0.3 is 10.1 Å². The monoisotopic (exact) mass is 286 g/mol. The van der Waals surface area contributed by atoms with Crippen LogP contribution >= 0.6 is 24.0 Å². The molecule has 18 heavy (non-hydrogen) atoms. The van der Waals surface area contributed by atoms with Crippen molar-refractivity contribution in [2.45, 2.75) is 31.3 Å². The van der Waals surface area contributed by atoms with E-state index >= 15 is 0 Å². The molecule has 0 spiro atoms. The quantitative estimate of drug-likeness (QED) is 0.660. The van der Waals surface area contributed by atoms with Crippen LogP contribution in [0.5, 0.6) is 0 Å². The summed E-state index contributed by atoms with van der Waals surface area (Å²) in [5.74, 6) is -0.255. The van der Waals surface area contributed by atoms with Gasteiger partial charge in [-0.05, 0) is 31.5 Å². The summed E-state index contributed by atoms with van der Waals surface area (Å²) in [6.07, 6.45) is -0.250. The molecular formula is C12H15FN2OS2. The molecule has 3 nitrogen and oxygen atoms in total. The van der Waals surface area contributed by atoms with E-state index < -0.39 is 0 Å². The summed E-state index contributed by atoms with van der Waals surface area (Å²) in [6, 6.07) is 6.30. The van der Waals surface area contributed by atoms with E-state index in [1.807, 2.05) is 18.7 Å². The Hall–Kier alpha value is -0.690. The molecule has 0 aliphatic carbocycles. The SMILES string of the molecule is CC1(C)SC(=S)N(Cc2ccc(F)cc2)[C@H]1NO. The Morgan fingerprint density at radius 3 is 2.61 bits per heavy atom. The molecule has 0 saturated carbocycles. The van der Waals surface area contributed by atoms with Crippen molar-refractivity contribution < 1.29 is 9.60 Å². The lowest BCUT2D eigenvalue weighted by Gasteiger charge is -2.30. The molecule has 0 bridgehead atoms. The second-order valence-electron chi connectivity index (χ2n) is 4.76. The fourth-order valence-corrected chi connectivity index (χ4v) is 3.83. The number of thiocarbonyl (C=S) groups is 1. The van der Waals surface area contributed by atoms with E-state index in [4.69, 9.17) is 12.2 Å². The average molecular weight is 286 g/mol. The van der Waals surface area contributed by atoms with Crippen LogP contribution in [0.1, 0.15) is 19.4 Å². The maximum Gasteiger partial charge on any atom is 0.138 e. The minimum Gasteiger partial charge on any atom is -0.334 e. The van der Waals surface area contributed by atoms with Crippen LogP contribution in [-0.2, 0) is 6.54 Å². The van der Waals surface area contributed by atoms with Gasteiger partial charge in [-0.2, -0.15) is 5.48 Å². The van der Waals surface area contributed by atoms with E-state index in [2.05, 4.69) is 5.48 Å². The first-order valence-electron chi connectivity index (χ1n) is 5.58. The Balaban J connectivity index is 2.17. The smallest absolute Gasteiger partial charge is 0.138 e. The normalized spacial score (nSPS) is 22.6. The third kappa shape index (κ3) is 2.66. The van der Waals surface area contributed by atoms with Crippen LogP contribution in [0.25, 0.3) is 0 Å². The first-order valence-corrected chi connectivity index (χ1v) is 6.80. The van der Waals surface area contributed by atoms with E-state index in [1.165, 1.54) is 12.1 Å². The third-order valence-corrected chi connectivity index (χ3v) is 4.59. The Bertz CT molecular complexity index is 450. The van der Waals surface area contributed by atoms with Gasteiger partial charge in [0.15, 0.2) is 0 Å². The van der Waals surface area contributed by atoms with Gasteiger partial charge in [0.1, 0.15) is 16.3 Å². The predicted octanol–water partition coefficient (Wildman–Crippen LogP) is 2.74. The molecule has 1 aliphatic heterocycles. The number of halogens is 1. The summed E-state index contributed by atoms with van der Waals surface area (Å²) in [5, 5.41) is 9.29. The van der Waals surface area contributed by atoms with Crippen molar-refractivity contribution in [1.29, 1.82) is 0 Å². The lowest BCUT2D eigenvalue weighted by Crippen LogP contribution is -2.49. The van der Waals surface area contributed by atoms with Crippen LogP contribution in [0, 0.1) is 5.82 Å². The molecule has 0 aromatic heterocycles. The van der Waals surface area contributed by atoms with E-state index in [1.54, 1.807) is 23.9 Å². The number of nitrogens with zero attached hydrogens (tertiary/aromatic N) is 1. The summed E-state index contributed by atoms with van der Waals surface area (Å²) in [7, 11) is 0. The number of thioether (sulfide) groups is 1. The Morgan fingerprint density at radius 1 is 1.44 bits per heavy atom. The lowest BCUT2D eigenvalue weighted by atomic mass is 10.1. The second kappa shape index (κ2) is 5.13. The molecule has 1 aromatic rings. The minimum atomic E-state index is -0.255. The first-order chi connectivity index (χ1) is 8.44. The van der Waals surface area contributed by atoms with Crippen LogP contribution in [0.4, 0.5) is 4.39 Å². The van der Waals surface area contributed by atoms with Gasteiger partial charge in [0.2, 0.25) is 0 Å². The van der Waals surface area contributed by atoms with Crippen molar-refractivity contribution >= 4 is 28.3 Å². The zero-order chi connectivity index (χ0) is 13.3. The lowest BCUT2D eigenvalue weighted by molar-refractivity contribution is 0.0543. The maximum atomic E-state index is 12.8. The van der Waals surface area contributed by atoms with Crippen LogP contribution in [0.2, 0.25) is 0 Å². The third-order valence-electron chi connectivity index (χ3n) is 2.94. The standard InChI is InChI=1S/C12H15FN2OS2/c1-12(2)10(14-16)15(11(17)18-12)7-8-3-5-9(13)6-4-8/h3-6,10,14,16H,7H2,1-2H3/t10-/m1/s1. The number of hydrogen-bond acceptors (Lipinski definition) is 4. The molecule has 6 heteroatoms. The van der Waals surface area contributed by atoms with Crippen molar-refractivity contribution in [2.75, 3.05) is 0 Å². The van der Waals surface area contributed by atoms with Crippen LogP contribution in [-0.4, -0.2) is 25.3 Å². The number of nitrogens with one attached hydrogen (secondary N) is 1. The van der Waals surface area contributed by atoms with Crippen LogP contribution in [0.3, 0.4) is 0 Å². The number of hydroxylamine groups is 1. The Kier molecular flexibility index (Phi) is 3.91. The van der Waals surface area contributed by atoms with Crippen molar-refractivity contribution in [3.8, 4) is 0 Å². The highest BCUT2D eigenvalue weighted by Gasteiger charge is 2.44. The van der Waals surface area contributed by atoms with Crippen LogP contribution < -0.4 is 5.48 Å². The molecule has 2 rings (SSSR count). The molecule has 1 aliphatic rings. The fraction of sp³-hybridized carbons (Fsp3) is 0.417. The molecule has 1 saturated heterocycles. The average Bonchev–Trinajstić information content (AvgIpc) is 2.51. The molecule has 0 amide bonds. The van der Waals surface area contributed by atoms with Gasteiger partial charge in [-0.3, -0.25) is 0 Å². The van der Waals surface area contributed by atoms with Gasteiger partial charge >= 0.3 is 0 Å². The summed E-state index contributed by atoms with van der Waals surface area (Å²) in [4.78, 5) is 1.91. The zero-order valence-corrected chi connectivity index (χ0v) is 11.8. The molecular weight excluding hydrogens is 271 g/mol. The fourth-order valence-electron chi connectivity index (χ4n) is 1.99. The molecule has 1 atom stereocenters. The van der Waals surface area contributed by atoms with Gasteiger partial charge in [0.05, 0.1) is 4.75 Å². The number of rotatable bonds is 3. The summed E-state index contributed by atoms with van der Waals surface area (Å²) < 4.78 is 13.4. The largest absolute Gasteiger partial charge is 0.334 e. The second-order valence-corrected chi connectivity index (χ2v) is 7.05. The van der Waals surface area contributed by atoms with E-state index in [-0.39, 0.29) is 16.7 Å². The van der Waals surface area contributed by atoms with E-state index in [0.29, 0.717) is 6.54 Å². The van der Waals surface area contributed by atoms with Crippen LogP contribution in [0.15, 0.2) is 24.3 Å². The van der Waals surface area contributed by atoms with Crippen molar-refractivity contribution in [3.63, 3.8) is 0 Å². The maximum absolute atomic E-state index is 12.8. The molecule has 2 N–H and O–H groups in total. The highest BCUT2D eigenvalue weighted by Crippen LogP contribution is 2.40. The van der Waals surface area contributed by atoms with Crippen molar-refractivity contribution in [3.05, 3.63) is 35.6 Å². The predicted molar refractivity (Wildman–Crippen MR) is 74.9 cm³/mol. The molecule has 1 heterocycles. The highest BCUT2D eigenvalue weighted by atomic mass is 32.2. The summed E-state index contributed by atoms with van der Waals surface area (Å²) in [5.41, 5.74) is 3.27.